The molecule has 1 aromatic rings. The van der Waals surface area contributed by atoms with Crippen molar-refractivity contribution in [3.05, 3.63) is 23.8 Å². The van der Waals surface area contributed by atoms with Gasteiger partial charge in [0, 0.05) is 6.04 Å². The molecule has 0 bridgehead atoms. The van der Waals surface area contributed by atoms with E-state index in [1.807, 2.05) is 19.9 Å². The van der Waals surface area contributed by atoms with Crippen LogP contribution in [-0.4, -0.2) is 24.5 Å². The Morgan fingerprint density at radius 1 is 1.50 bits per heavy atom. The van der Waals surface area contributed by atoms with Crippen LogP contribution >= 0.6 is 0 Å². The standard InChI is InChI=1S/C15H20N2O3/c1-3-10(2)16-15(19)9-11-4-5-13-12(8-11)17-14(18)6-7-20-13/h4-5,8,10H,3,6-7,9H2,1-2H3,(H,16,19)(H,17,18). The summed E-state index contributed by atoms with van der Waals surface area (Å²) in [5.74, 6) is 0.576. The second kappa shape index (κ2) is 6.41. The summed E-state index contributed by atoms with van der Waals surface area (Å²) in [7, 11) is 0. The Labute approximate surface area is 118 Å². The van der Waals surface area contributed by atoms with Gasteiger partial charge in [-0.15, -0.1) is 0 Å². The first-order valence-electron chi connectivity index (χ1n) is 6.93. The number of nitrogens with one attached hydrogen (secondary N) is 2. The Kier molecular flexibility index (Phi) is 4.61. The van der Waals surface area contributed by atoms with E-state index in [1.54, 1.807) is 12.1 Å². The molecule has 1 unspecified atom stereocenters. The summed E-state index contributed by atoms with van der Waals surface area (Å²) in [6.45, 7) is 4.38. The highest BCUT2D eigenvalue weighted by molar-refractivity contribution is 5.93. The van der Waals surface area contributed by atoms with Crippen LogP contribution in [0.1, 0.15) is 32.3 Å². The topological polar surface area (TPSA) is 67.4 Å². The van der Waals surface area contributed by atoms with Gasteiger partial charge in [0.1, 0.15) is 5.75 Å². The number of carbonyl (C=O) groups is 2. The highest BCUT2D eigenvalue weighted by atomic mass is 16.5. The van der Waals surface area contributed by atoms with Gasteiger partial charge in [-0.05, 0) is 31.0 Å². The average Bonchev–Trinajstić information content (AvgIpc) is 2.58. The number of carbonyl (C=O) groups excluding carboxylic acids is 2. The molecular weight excluding hydrogens is 256 g/mol. The Hall–Kier alpha value is -2.04. The molecule has 0 aliphatic carbocycles. The maximum atomic E-state index is 11.9. The van der Waals surface area contributed by atoms with Crippen molar-refractivity contribution in [3.63, 3.8) is 0 Å². The van der Waals surface area contributed by atoms with Crippen LogP contribution in [0.2, 0.25) is 0 Å². The predicted octanol–water partition coefficient (Wildman–Crippen LogP) is 1.86. The zero-order chi connectivity index (χ0) is 14.5. The third-order valence-corrected chi connectivity index (χ3v) is 3.29. The molecule has 1 atom stereocenters. The third kappa shape index (κ3) is 3.73. The zero-order valence-electron chi connectivity index (χ0n) is 11.9. The quantitative estimate of drug-likeness (QED) is 0.882. The minimum atomic E-state index is -0.0649. The van der Waals surface area contributed by atoms with Crippen LogP contribution in [0, 0.1) is 0 Å². The number of hydrogen-bond acceptors (Lipinski definition) is 3. The van der Waals surface area contributed by atoms with E-state index in [1.165, 1.54) is 0 Å². The van der Waals surface area contributed by atoms with E-state index in [0.29, 0.717) is 30.9 Å². The van der Waals surface area contributed by atoms with E-state index in [2.05, 4.69) is 10.6 Å². The van der Waals surface area contributed by atoms with E-state index in [0.717, 1.165) is 12.0 Å². The van der Waals surface area contributed by atoms with Crippen LogP contribution in [0.25, 0.3) is 0 Å². The first-order valence-corrected chi connectivity index (χ1v) is 6.93. The van der Waals surface area contributed by atoms with Crippen LogP contribution in [0.3, 0.4) is 0 Å². The predicted molar refractivity (Wildman–Crippen MR) is 76.8 cm³/mol. The van der Waals surface area contributed by atoms with Gasteiger partial charge >= 0.3 is 0 Å². The molecule has 1 aliphatic rings. The Bertz CT molecular complexity index is 514. The maximum absolute atomic E-state index is 11.9. The second-order valence-corrected chi connectivity index (χ2v) is 5.03. The lowest BCUT2D eigenvalue weighted by Crippen LogP contribution is -2.33. The monoisotopic (exact) mass is 276 g/mol. The first kappa shape index (κ1) is 14.4. The number of benzene rings is 1. The summed E-state index contributed by atoms with van der Waals surface area (Å²) in [6, 6.07) is 5.62. The lowest BCUT2D eigenvalue weighted by atomic mass is 10.1. The number of rotatable bonds is 4. The molecule has 1 heterocycles. The van der Waals surface area contributed by atoms with Gasteiger partial charge in [-0.3, -0.25) is 9.59 Å². The molecule has 2 N–H and O–H groups in total. The van der Waals surface area contributed by atoms with E-state index in [-0.39, 0.29) is 17.9 Å². The van der Waals surface area contributed by atoms with E-state index in [9.17, 15) is 9.59 Å². The molecule has 0 aromatic heterocycles. The summed E-state index contributed by atoms with van der Waals surface area (Å²) >= 11 is 0. The fraction of sp³-hybridized carbons (Fsp3) is 0.467. The second-order valence-electron chi connectivity index (χ2n) is 5.03. The molecule has 2 amide bonds. The zero-order valence-corrected chi connectivity index (χ0v) is 11.9. The third-order valence-electron chi connectivity index (χ3n) is 3.29. The van der Waals surface area contributed by atoms with Crippen molar-refractivity contribution in [1.82, 2.24) is 5.32 Å². The van der Waals surface area contributed by atoms with Crippen molar-refractivity contribution >= 4 is 17.5 Å². The van der Waals surface area contributed by atoms with Crippen LogP contribution in [-0.2, 0) is 16.0 Å². The molecule has 0 fully saturated rings. The molecule has 1 aromatic carbocycles. The number of amides is 2. The van der Waals surface area contributed by atoms with Crippen LogP contribution in [0.5, 0.6) is 5.75 Å². The first-order chi connectivity index (χ1) is 9.58. The molecular formula is C15H20N2O3. The molecule has 0 radical (unpaired) electrons. The van der Waals surface area contributed by atoms with Crippen LogP contribution in [0.15, 0.2) is 18.2 Å². The van der Waals surface area contributed by atoms with Gasteiger partial charge in [0.25, 0.3) is 0 Å². The lowest BCUT2D eigenvalue weighted by molar-refractivity contribution is -0.121. The molecule has 1 aliphatic heterocycles. The molecule has 5 heteroatoms. The van der Waals surface area contributed by atoms with Crippen molar-refractivity contribution in [1.29, 1.82) is 0 Å². The smallest absolute Gasteiger partial charge is 0.227 e. The minimum absolute atomic E-state index is 0.0137. The largest absolute Gasteiger partial charge is 0.491 e. The van der Waals surface area contributed by atoms with Gasteiger partial charge in [0.2, 0.25) is 11.8 Å². The van der Waals surface area contributed by atoms with Gasteiger partial charge < -0.3 is 15.4 Å². The maximum Gasteiger partial charge on any atom is 0.227 e. The highest BCUT2D eigenvalue weighted by Gasteiger charge is 2.15. The molecule has 5 nitrogen and oxygen atoms in total. The minimum Gasteiger partial charge on any atom is -0.491 e. The molecule has 2 rings (SSSR count). The Morgan fingerprint density at radius 2 is 2.30 bits per heavy atom. The number of hydrogen-bond donors (Lipinski definition) is 2. The highest BCUT2D eigenvalue weighted by Crippen LogP contribution is 2.28. The summed E-state index contributed by atoms with van der Waals surface area (Å²) in [6.07, 6.45) is 1.55. The van der Waals surface area contributed by atoms with Crippen LogP contribution in [0.4, 0.5) is 5.69 Å². The van der Waals surface area contributed by atoms with Crippen molar-refractivity contribution in [2.45, 2.75) is 39.2 Å². The summed E-state index contributed by atoms with van der Waals surface area (Å²) in [5.41, 5.74) is 1.50. The van der Waals surface area contributed by atoms with Crippen LogP contribution < -0.4 is 15.4 Å². The molecule has 0 saturated heterocycles. The molecule has 108 valence electrons. The SMILES string of the molecule is CCC(C)NC(=O)Cc1ccc2c(c1)NC(=O)CCO2. The molecule has 0 spiro atoms. The normalized spacial score (nSPS) is 15.4. The molecule has 20 heavy (non-hydrogen) atoms. The van der Waals surface area contributed by atoms with Gasteiger partial charge in [0.05, 0.1) is 25.1 Å². The van der Waals surface area contributed by atoms with E-state index >= 15 is 0 Å². The average molecular weight is 276 g/mol. The number of anilines is 1. The Morgan fingerprint density at radius 3 is 3.05 bits per heavy atom. The summed E-state index contributed by atoms with van der Waals surface area (Å²) < 4.78 is 5.48. The Balaban J connectivity index is 2.07. The summed E-state index contributed by atoms with van der Waals surface area (Å²) in [5, 5.41) is 5.71. The summed E-state index contributed by atoms with van der Waals surface area (Å²) in [4.78, 5) is 23.3. The molecule has 0 saturated carbocycles. The van der Waals surface area contributed by atoms with E-state index < -0.39 is 0 Å². The van der Waals surface area contributed by atoms with Crippen molar-refractivity contribution in [2.75, 3.05) is 11.9 Å². The fourth-order valence-electron chi connectivity index (χ4n) is 1.99. The lowest BCUT2D eigenvalue weighted by Gasteiger charge is -2.12. The van der Waals surface area contributed by atoms with Gasteiger partial charge in [-0.25, -0.2) is 0 Å². The van der Waals surface area contributed by atoms with Crippen molar-refractivity contribution in [3.8, 4) is 5.75 Å². The van der Waals surface area contributed by atoms with Crippen molar-refractivity contribution < 1.29 is 14.3 Å². The fourth-order valence-corrected chi connectivity index (χ4v) is 1.99. The van der Waals surface area contributed by atoms with Gasteiger partial charge in [-0.2, -0.15) is 0 Å². The van der Waals surface area contributed by atoms with Gasteiger partial charge in [0.15, 0.2) is 0 Å². The number of fused-ring (bicyclic) bond motifs is 1. The number of ether oxygens (including phenoxy) is 1. The van der Waals surface area contributed by atoms with Crippen molar-refractivity contribution in [2.24, 2.45) is 0 Å². The van der Waals surface area contributed by atoms with Gasteiger partial charge in [-0.1, -0.05) is 13.0 Å². The van der Waals surface area contributed by atoms with E-state index in [4.69, 9.17) is 4.74 Å².